The summed E-state index contributed by atoms with van der Waals surface area (Å²) in [5.74, 6) is -0.277. The fraction of sp³-hybridized carbons (Fsp3) is 0.480. The van der Waals surface area contributed by atoms with Gasteiger partial charge in [-0.2, -0.15) is 0 Å². The van der Waals surface area contributed by atoms with Crippen LogP contribution in [0.1, 0.15) is 15.9 Å². The van der Waals surface area contributed by atoms with E-state index in [1.807, 2.05) is 0 Å². The Labute approximate surface area is 226 Å². The maximum atomic E-state index is 12.7. The molecule has 2 saturated heterocycles. The molecule has 2 heterocycles. The predicted octanol–water partition coefficient (Wildman–Crippen LogP) is -2.17. The molecule has 0 saturated carbocycles. The van der Waals surface area contributed by atoms with Crippen molar-refractivity contribution in [3.05, 3.63) is 69.8 Å². The summed E-state index contributed by atoms with van der Waals surface area (Å²) >= 11 is 0. The number of hydrogen-bond donors (Lipinski definition) is 7. The molecule has 2 aliphatic rings. The Morgan fingerprint density at radius 2 is 1.27 bits per heavy atom. The second-order valence-corrected chi connectivity index (χ2v) is 9.28. The van der Waals surface area contributed by atoms with Crippen LogP contribution in [0.3, 0.4) is 0 Å². The normalized spacial score (nSPS) is 34.3. The van der Waals surface area contributed by atoms with Crippen molar-refractivity contribution in [2.45, 2.75) is 61.4 Å². The summed E-state index contributed by atoms with van der Waals surface area (Å²) in [4.78, 5) is 22.9. The van der Waals surface area contributed by atoms with E-state index in [1.165, 1.54) is 48.5 Å². The summed E-state index contributed by atoms with van der Waals surface area (Å²) in [7, 11) is 0. The first-order chi connectivity index (χ1) is 19.0. The lowest BCUT2D eigenvalue weighted by molar-refractivity contribution is -0.384. The molecule has 0 aromatic heterocycles. The van der Waals surface area contributed by atoms with Gasteiger partial charge in [-0.15, -0.1) is 0 Å². The van der Waals surface area contributed by atoms with Crippen molar-refractivity contribution < 1.29 is 64.4 Å². The molecule has 0 amide bonds. The first kappa shape index (κ1) is 29.9. The van der Waals surface area contributed by atoms with E-state index in [-0.39, 0.29) is 22.6 Å². The van der Waals surface area contributed by atoms with Gasteiger partial charge in [0.05, 0.1) is 18.1 Å². The molecular formula is C25H29NO14. The molecule has 7 N–H and O–H groups in total. The van der Waals surface area contributed by atoms with Gasteiger partial charge in [0, 0.05) is 23.3 Å². The number of carbonyl (C=O) groups is 1. The van der Waals surface area contributed by atoms with Gasteiger partial charge in [-0.05, 0) is 36.4 Å². The molecule has 10 atom stereocenters. The van der Waals surface area contributed by atoms with Crippen molar-refractivity contribution in [1.82, 2.24) is 0 Å². The zero-order valence-corrected chi connectivity index (χ0v) is 20.7. The Morgan fingerprint density at radius 3 is 1.82 bits per heavy atom. The van der Waals surface area contributed by atoms with Crippen LogP contribution in [-0.4, -0.2) is 121 Å². The highest BCUT2D eigenvalue weighted by atomic mass is 16.7. The molecule has 0 spiro atoms. The van der Waals surface area contributed by atoms with Crippen LogP contribution in [0.5, 0.6) is 5.75 Å². The molecule has 40 heavy (non-hydrogen) atoms. The number of nitrogens with zero attached hydrogens (tertiary/aromatic N) is 1. The van der Waals surface area contributed by atoms with Gasteiger partial charge in [-0.1, -0.05) is 0 Å². The van der Waals surface area contributed by atoms with Gasteiger partial charge in [0.2, 0.25) is 6.29 Å². The largest absolute Gasteiger partial charge is 0.462 e. The van der Waals surface area contributed by atoms with E-state index in [9.17, 15) is 50.7 Å². The maximum absolute atomic E-state index is 12.7. The van der Waals surface area contributed by atoms with Crippen molar-refractivity contribution >= 4 is 11.5 Å². The minimum absolute atomic E-state index is 0.126. The summed E-state index contributed by atoms with van der Waals surface area (Å²) in [6.07, 6.45) is -15.9. The number of benzene rings is 2. The van der Waals surface area contributed by atoms with Crippen LogP contribution in [0, 0.1) is 10.1 Å². The molecule has 2 aromatic carbocycles. The van der Waals surface area contributed by atoms with E-state index in [4.69, 9.17) is 18.9 Å². The number of aliphatic hydroxyl groups is 7. The van der Waals surface area contributed by atoms with Crippen LogP contribution in [0.4, 0.5) is 5.69 Å². The van der Waals surface area contributed by atoms with Crippen LogP contribution in [0.25, 0.3) is 0 Å². The van der Waals surface area contributed by atoms with E-state index in [1.54, 1.807) is 0 Å². The lowest BCUT2D eigenvalue weighted by Gasteiger charge is -2.45. The standard InChI is InChI=1S/C25H29NO14/c27-9-15-18(30)19(31)21(33)25(38-15)40-23-16(10-28)39-24(22(34)20(23)32)37-14-7-3-12(4-8-14)17(29)11-1-5-13(6-2-11)26(35)36/h1-8,15-16,18-25,27-28,30-34H,9-10H2/t15-,16-,18+,19+,20-,21-,22-,23-,24-,25+/m1/s1. The Kier molecular flexibility index (Phi) is 9.42. The number of hydrogen-bond acceptors (Lipinski definition) is 14. The Hall–Kier alpha value is -3.09. The van der Waals surface area contributed by atoms with Crippen molar-refractivity contribution in [1.29, 1.82) is 0 Å². The monoisotopic (exact) mass is 567 g/mol. The number of nitro benzene ring substituents is 1. The summed E-state index contributed by atoms with van der Waals surface area (Å²) in [6, 6.07) is 10.7. The molecular weight excluding hydrogens is 538 g/mol. The van der Waals surface area contributed by atoms with Crippen molar-refractivity contribution in [3.8, 4) is 5.75 Å². The summed E-state index contributed by atoms with van der Waals surface area (Å²) < 4.78 is 21.9. The maximum Gasteiger partial charge on any atom is 0.269 e. The molecule has 2 fully saturated rings. The third-order valence-corrected chi connectivity index (χ3v) is 6.67. The van der Waals surface area contributed by atoms with E-state index in [2.05, 4.69) is 0 Å². The molecule has 0 aliphatic carbocycles. The zero-order chi connectivity index (χ0) is 29.1. The minimum Gasteiger partial charge on any atom is -0.462 e. The SMILES string of the molecule is O=C(c1ccc(O[C@@H]2O[C@H](CO)[C@@H](O[C@@H]3O[C@H](CO)[C@H](O)[C@H](O)[C@H]3O)[C@H](O)[C@H]2O)cc1)c1ccc([N+](=O)[O-])cc1. The molecule has 15 heteroatoms. The van der Waals surface area contributed by atoms with Crippen LogP contribution in [0.2, 0.25) is 0 Å². The number of carbonyl (C=O) groups excluding carboxylic acids is 1. The average molecular weight is 568 g/mol. The van der Waals surface area contributed by atoms with Crippen LogP contribution >= 0.6 is 0 Å². The second-order valence-electron chi connectivity index (χ2n) is 9.28. The van der Waals surface area contributed by atoms with Gasteiger partial charge in [0.15, 0.2) is 12.1 Å². The molecule has 0 radical (unpaired) electrons. The third kappa shape index (κ3) is 6.13. The number of nitro groups is 1. The highest BCUT2D eigenvalue weighted by Crippen LogP contribution is 2.30. The lowest BCUT2D eigenvalue weighted by atomic mass is 9.97. The van der Waals surface area contributed by atoms with E-state index in [0.717, 1.165) is 0 Å². The molecule has 0 bridgehead atoms. The number of non-ortho nitro benzene ring substituents is 1. The van der Waals surface area contributed by atoms with Gasteiger partial charge >= 0.3 is 0 Å². The average Bonchev–Trinajstić information content (AvgIpc) is 2.96. The lowest BCUT2D eigenvalue weighted by Crippen LogP contribution is -2.65. The number of ether oxygens (including phenoxy) is 4. The molecule has 4 rings (SSSR count). The Balaban J connectivity index is 1.41. The molecule has 0 unspecified atom stereocenters. The van der Waals surface area contributed by atoms with Gasteiger partial charge in [0.1, 0.15) is 54.6 Å². The van der Waals surface area contributed by atoms with E-state index in [0.29, 0.717) is 0 Å². The summed E-state index contributed by atoms with van der Waals surface area (Å²) in [5.41, 5.74) is 0.313. The fourth-order valence-electron chi connectivity index (χ4n) is 4.37. The van der Waals surface area contributed by atoms with E-state index < -0.39 is 85.3 Å². The predicted molar refractivity (Wildman–Crippen MR) is 130 cm³/mol. The number of ketones is 1. The van der Waals surface area contributed by atoms with Gasteiger partial charge in [-0.3, -0.25) is 14.9 Å². The molecule has 2 aliphatic heterocycles. The van der Waals surface area contributed by atoms with Crippen molar-refractivity contribution in [2.24, 2.45) is 0 Å². The van der Waals surface area contributed by atoms with Crippen molar-refractivity contribution in [2.75, 3.05) is 13.2 Å². The van der Waals surface area contributed by atoms with Gasteiger partial charge in [0.25, 0.3) is 5.69 Å². The highest BCUT2D eigenvalue weighted by molar-refractivity contribution is 6.09. The van der Waals surface area contributed by atoms with Crippen LogP contribution in [-0.2, 0) is 14.2 Å². The first-order valence-corrected chi connectivity index (χ1v) is 12.2. The van der Waals surface area contributed by atoms with Gasteiger partial charge < -0.3 is 54.7 Å². The van der Waals surface area contributed by atoms with Gasteiger partial charge in [-0.25, -0.2) is 0 Å². The van der Waals surface area contributed by atoms with Crippen molar-refractivity contribution in [3.63, 3.8) is 0 Å². The third-order valence-electron chi connectivity index (χ3n) is 6.67. The summed E-state index contributed by atoms with van der Waals surface area (Å²) in [5, 5.41) is 81.4. The molecule has 2 aromatic rings. The smallest absolute Gasteiger partial charge is 0.269 e. The number of rotatable bonds is 9. The summed E-state index contributed by atoms with van der Waals surface area (Å²) in [6.45, 7) is -1.44. The Morgan fingerprint density at radius 1 is 0.750 bits per heavy atom. The topological polar surface area (TPSA) is 239 Å². The zero-order valence-electron chi connectivity index (χ0n) is 20.7. The highest BCUT2D eigenvalue weighted by Gasteiger charge is 2.51. The molecule has 15 nitrogen and oxygen atoms in total. The quantitative estimate of drug-likeness (QED) is 0.0970. The first-order valence-electron chi connectivity index (χ1n) is 12.2. The fourth-order valence-corrected chi connectivity index (χ4v) is 4.37. The Bertz CT molecular complexity index is 1160. The van der Waals surface area contributed by atoms with Crippen LogP contribution < -0.4 is 4.74 Å². The van der Waals surface area contributed by atoms with Crippen LogP contribution in [0.15, 0.2) is 48.5 Å². The number of aliphatic hydroxyl groups excluding tert-OH is 7. The minimum atomic E-state index is -1.79. The molecule has 218 valence electrons. The second kappa shape index (κ2) is 12.6. The van der Waals surface area contributed by atoms with E-state index >= 15 is 0 Å².